The van der Waals surface area contributed by atoms with Gasteiger partial charge in [-0.15, -0.1) is 0 Å². The standard InChI is InChI=1S/C20H20N2O/c1-13-11-17-19(18(23)12-13)20(14-7-3-2-4-8-14)22-16-10-6-5-9-15(16)21-17/h2-10,13,20-22H,11-12H2,1H3/t13-,20-/m0/s1. The highest BCUT2D eigenvalue weighted by Gasteiger charge is 2.33. The summed E-state index contributed by atoms with van der Waals surface area (Å²) in [6.45, 7) is 2.14. The average Bonchev–Trinajstić information content (AvgIpc) is 2.72. The average molecular weight is 304 g/mol. The minimum Gasteiger partial charge on any atom is -0.372 e. The lowest BCUT2D eigenvalue weighted by Gasteiger charge is -2.28. The number of Topliss-reactive ketones (excluding diaryl/α,β-unsaturated/α-hetero) is 1. The van der Waals surface area contributed by atoms with E-state index in [4.69, 9.17) is 0 Å². The van der Waals surface area contributed by atoms with E-state index < -0.39 is 0 Å². The van der Waals surface area contributed by atoms with Crippen LogP contribution < -0.4 is 10.6 Å². The summed E-state index contributed by atoms with van der Waals surface area (Å²) in [5.41, 5.74) is 5.17. The van der Waals surface area contributed by atoms with Gasteiger partial charge in [0.1, 0.15) is 0 Å². The number of ketones is 1. The summed E-state index contributed by atoms with van der Waals surface area (Å²) in [5.74, 6) is 0.635. The molecule has 2 aromatic rings. The van der Waals surface area contributed by atoms with Crippen molar-refractivity contribution in [1.29, 1.82) is 0 Å². The van der Waals surface area contributed by atoms with Crippen molar-refractivity contribution in [1.82, 2.24) is 0 Å². The number of para-hydroxylation sites is 2. The maximum Gasteiger partial charge on any atom is 0.163 e. The molecule has 0 aromatic heterocycles. The second-order valence-corrected chi connectivity index (χ2v) is 6.49. The van der Waals surface area contributed by atoms with Crippen LogP contribution in [0.4, 0.5) is 11.4 Å². The number of benzene rings is 2. The quantitative estimate of drug-likeness (QED) is 0.814. The van der Waals surface area contributed by atoms with Crippen LogP contribution in [-0.2, 0) is 4.79 Å². The Bertz CT molecular complexity index is 779. The lowest BCUT2D eigenvalue weighted by molar-refractivity contribution is -0.117. The predicted molar refractivity (Wildman–Crippen MR) is 93.3 cm³/mol. The van der Waals surface area contributed by atoms with Crippen molar-refractivity contribution in [3.05, 3.63) is 71.4 Å². The SMILES string of the molecule is C[C@@H]1CC(=O)C2=C(C1)Nc1ccccc1N[C@H]2c1ccccc1. The Morgan fingerprint density at radius 2 is 1.61 bits per heavy atom. The number of carbonyl (C=O) groups excluding carboxylic acids is 1. The van der Waals surface area contributed by atoms with Crippen LogP contribution in [0.3, 0.4) is 0 Å². The van der Waals surface area contributed by atoms with Crippen LogP contribution in [0, 0.1) is 5.92 Å². The Balaban J connectivity index is 1.88. The van der Waals surface area contributed by atoms with Crippen LogP contribution in [0.15, 0.2) is 65.9 Å². The highest BCUT2D eigenvalue weighted by atomic mass is 16.1. The van der Waals surface area contributed by atoms with Crippen LogP contribution in [-0.4, -0.2) is 5.78 Å². The monoisotopic (exact) mass is 304 g/mol. The van der Waals surface area contributed by atoms with Crippen LogP contribution >= 0.6 is 0 Å². The number of hydrogen-bond donors (Lipinski definition) is 2. The minimum absolute atomic E-state index is 0.0950. The second-order valence-electron chi connectivity index (χ2n) is 6.49. The lowest BCUT2D eigenvalue weighted by atomic mass is 9.82. The molecule has 0 unspecified atom stereocenters. The molecule has 1 heterocycles. The van der Waals surface area contributed by atoms with Crippen molar-refractivity contribution in [2.75, 3.05) is 10.6 Å². The third kappa shape index (κ3) is 2.52. The van der Waals surface area contributed by atoms with Crippen LogP contribution in [0.1, 0.15) is 31.4 Å². The molecule has 4 rings (SSSR count). The normalized spacial score (nSPS) is 23.3. The van der Waals surface area contributed by atoms with Gasteiger partial charge in [0.25, 0.3) is 0 Å². The van der Waals surface area contributed by atoms with Gasteiger partial charge in [-0.05, 0) is 30.0 Å². The highest BCUT2D eigenvalue weighted by molar-refractivity contribution is 6.00. The zero-order valence-electron chi connectivity index (χ0n) is 13.2. The van der Waals surface area contributed by atoms with E-state index in [0.29, 0.717) is 12.3 Å². The Labute approximate surface area is 136 Å². The van der Waals surface area contributed by atoms with Gasteiger partial charge in [-0.1, -0.05) is 49.4 Å². The summed E-state index contributed by atoms with van der Waals surface area (Å²) in [5, 5.41) is 7.10. The third-order valence-corrected chi connectivity index (χ3v) is 4.65. The van der Waals surface area contributed by atoms with Gasteiger partial charge in [0.05, 0.1) is 17.4 Å². The highest BCUT2D eigenvalue weighted by Crippen LogP contribution is 2.41. The molecule has 0 saturated heterocycles. The topological polar surface area (TPSA) is 41.1 Å². The first-order valence-corrected chi connectivity index (χ1v) is 8.16. The summed E-state index contributed by atoms with van der Waals surface area (Å²) < 4.78 is 0. The molecule has 116 valence electrons. The fourth-order valence-corrected chi connectivity index (χ4v) is 3.58. The van der Waals surface area contributed by atoms with Crippen molar-refractivity contribution >= 4 is 17.2 Å². The molecule has 0 bridgehead atoms. The van der Waals surface area contributed by atoms with Gasteiger partial charge in [0, 0.05) is 17.7 Å². The largest absolute Gasteiger partial charge is 0.372 e. The predicted octanol–water partition coefficient (Wildman–Crippen LogP) is 4.52. The number of allylic oxidation sites excluding steroid dienone is 1. The fourth-order valence-electron chi connectivity index (χ4n) is 3.58. The molecule has 2 atom stereocenters. The molecule has 0 saturated carbocycles. The zero-order valence-corrected chi connectivity index (χ0v) is 13.2. The Hall–Kier alpha value is -2.55. The Morgan fingerprint density at radius 3 is 2.39 bits per heavy atom. The molecule has 23 heavy (non-hydrogen) atoms. The maximum atomic E-state index is 12.8. The van der Waals surface area contributed by atoms with Crippen molar-refractivity contribution in [3.8, 4) is 0 Å². The van der Waals surface area contributed by atoms with Crippen LogP contribution in [0.5, 0.6) is 0 Å². The summed E-state index contributed by atoms with van der Waals surface area (Å²) in [6.07, 6.45) is 1.54. The van der Waals surface area contributed by atoms with E-state index in [1.165, 1.54) is 0 Å². The molecule has 1 aliphatic carbocycles. The van der Waals surface area contributed by atoms with Gasteiger partial charge in [0.2, 0.25) is 0 Å². The van der Waals surface area contributed by atoms with Crippen molar-refractivity contribution in [2.45, 2.75) is 25.8 Å². The van der Waals surface area contributed by atoms with Crippen LogP contribution in [0.2, 0.25) is 0 Å². The molecule has 3 heteroatoms. The number of carbonyl (C=O) groups is 1. The van der Waals surface area contributed by atoms with E-state index in [2.05, 4.69) is 41.8 Å². The first-order chi connectivity index (χ1) is 11.2. The van der Waals surface area contributed by atoms with Crippen molar-refractivity contribution in [2.24, 2.45) is 5.92 Å². The van der Waals surface area contributed by atoms with E-state index in [0.717, 1.165) is 34.6 Å². The first-order valence-electron chi connectivity index (χ1n) is 8.16. The van der Waals surface area contributed by atoms with E-state index >= 15 is 0 Å². The molecular formula is C20H20N2O. The smallest absolute Gasteiger partial charge is 0.163 e. The van der Waals surface area contributed by atoms with Gasteiger partial charge in [-0.3, -0.25) is 4.79 Å². The minimum atomic E-state index is -0.0950. The number of nitrogens with one attached hydrogen (secondary N) is 2. The van der Waals surface area contributed by atoms with Gasteiger partial charge in [-0.25, -0.2) is 0 Å². The molecule has 0 amide bonds. The molecular weight excluding hydrogens is 284 g/mol. The third-order valence-electron chi connectivity index (χ3n) is 4.65. The van der Waals surface area contributed by atoms with Gasteiger partial charge in [-0.2, -0.15) is 0 Å². The number of anilines is 2. The molecule has 3 nitrogen and oxygen atoms in total. The zero-order chi connectivity index (χ0) is 15.8. The van der Waals surface area contributed by atoms with E-state index in [9.17, 15) is 4.79 Å². The summed E-state index contributed by atoms with van der Waals surface area (Å²) >= 11 is 0. The van der Waals surface area contributed by atoms with Gasteiger partial charge >= 0.3 is 0 Å². The molecule has 1 aliphatic heterocycles. The summed E-state index contributed by atoms with van der Waals surface area (Å²) in [7, 11) is 0. The van der Waals surface area contributed by atoms with E-state index in [-0.39, 0.29) is 11.8 Å². The summed E-state index contributed by atoms with van der Waals surface area (Å²) in [4.78, 5) is 12.8. The van der Waals surface area contributed by atoms with Crippen LogP contribution in [0.25, 0.3) is 0 Å². The summed E-state index contributed by atoms with van der Waals surface area (Å²) in [6, 6.07) is 18.3. The van der Waals surface area contributed by atoms with Gasteiger partial charge < -0.3 is 10.6 Å². The molecule has 0 fully saturated rings. The molecule has 0 radical (unpaired) electrons. The number of fused-ring (bicyclic) bond motifs is 1. The number of rotatable bonds is 1. The molecule has 2 aliphatic rings. The van der Waals surface area contributed by atoms with E-state index in [1.807, 2.05) is 30.3 Å². The van der Waals surface area contributed by atoms with Gasteiger partial charge in [0.15, 0.2) is 5.78 Å². The Morgan fingerprint density at radius 1 is 0.913 bits per heavy atom. The van der Waals surface area contributed by atoms with Crippen molar-refractivity contribution in [3.63, 3.8) is 0 Å². The maximum absolute atomic E-state index is 12.8. The first kappa shape index (κ1) is 14.1. The van der Waals surface area contributed by atoms with E-state index in [1.54, 1.807) is 0 Å². The molecule has 2 N–H and O–H groups in total. The Kier molecular flexibility index (Phi) is 3.41. The molecule has 2 aromatic carbocycles. The lowest BCUT2D eigenvalue weighted by Crippen LogP contribution is -2.26. The molecule has 0 spiro atoms. The fraction of sp³-hybridized carbons (Fsp3) is 0.250. The van der Waals surface area contributed by atoms with Crippen molar-refractivity contribution < 1.29 is 4.79 Å². The number of hydrogen-bond acceptors (Lipinski definition) is 3. The second kappa shape index (κ2) is 5.58.